The van der Waals surface area contributed by atoms with E-state index < -0.39 is 42.2 Å². The number of primary amides is 2. The second kappa shape index (κ2) is 9.30. The summed E-state index contributed by atoms with van der Waals surface area (Å²) in [5.41, 5.74) is 10.6. The number of amides is 3. The lowest BCUT2D eigenvalue weighted by atomic mass is 9.84. The van der Waals surface area contributed by atoms with E-state index in [-0.39, 0.29) is 12.8 Å². The van der Waals surface area contributed by atoms with Crippen LogP contribution < -0.4 is 16.8 Å². The van der Waals surface area contributed by atoms with Crippen molar-refractivity contribution in [2.45, 2.75) is 39.5 Å². The van der Waals surface area contributed by atoms with Gasteiger partial charge in [0.15, 0.2) is 0 Å². The van der Waals surface area contributed by atoms with E-state index in [1.807, 2.05) is 13.8 Å². The summed E-state index contributed by atoms with van der Waals surface area (Å²) >= 11 is 0. The molecule has 0 fully saturated rings. The van der Waals surface area contributed by atoms with Crippen molar-refractivity contribution in [3.63, 3.8) is 0 Å². The third kappa shape index (κ3) is 6.01. The molecule has 0 radical (unpaired) electrons. The molecule has 0 saturated carbocycles. The number of hydrogen-bond donors (Lipinski definition) is 4. The molecular formula is C13H25N3O4. The molecule has 2 atom stereocenters. The quantitative estimate of drug-likeness (QED) is 0.402. The van der Waals surface area contributed by atoms with Crippen LogP contribution in [0.4, 0.5) is 0 Å². The first-order valence-corrected chi connectivity index (χ1v) is 6.84. The minimum Gasteiger partial charge on any atom is -0.377 e. The van der Waals surface area contributed by atoms with Crippen LogP contribution in [-0.4, -0.2) is 29.6 Å². The van der Waals surface area contributed by atoms with Gasteiger partial charge in [-0.2, -0.15) is 0 Å². The summed E-state index contributed by atoms with van der Waals surface area (Å²) in [5, 5.41) is 11.1. The van der Waals surface area contributed by atoms with Gasteiger partial charge in [-0.05, 0) is 25.7 Å². The van der Waals surface area contributed by atoms with Crippen molar-refractivity contribution < 1.29 is 19.5 Å². The zero-order chi connectivity index (χ0) is 15.7. The van der Waals surface area contributed by atoms with Gasteiger partial charge < -0.3 is 21.9 Å². The van der Waals surface area contributed by atoms with Crippen molar-refractivity contribution >= 4 is 17.7 Å². The van der Waals surface area contributed by atoms with Crippen molar-refractivity contribution in [2.75, 3.05) is 6.73 Å². The average molecular weight is 287 g/mol. The zero-order valence-electron chi connectivity index (χ0n) is 12.1. The standard InChI is InChI=1S/C13H25N3O4/c1-3-8(11(14)18)5-10(13(20)16-7-17)6-9(4-2)12(15)19/h8-10,17H,3-7H2,1-2H3,(H2,14,18)(H2,15,19)(H,16,20). The summed E-state index contributed by atoms with van der Waals surface area (Å²) < 4.78 is 0. The maximum Gasteiger partial charge on any atom is 0.224 e. The molecule has 7 nitrogen and oxygen atoms in total. The Morgan fingerprint density at radius 2 is 1.35 bits per heavy atom. The topological polar surface area (TPSA) is 136 Å². The van der Waals surface area contributed by atoms with Crippen LogP contribution in [0.25, 0.3) is 0 Å². The summed E-state index contributed by atoms with van der Waals surface area (Å²) in [7, 11) is 0. The van der Waals surface area contributed by atoms with Gasteiger partial charge >= 0.3 is 0 Å². The van der Waals surface area contributed by atoms with Gasteiger partial charge in [0.1, 0.15) is 6.73 Å². The Bertz CT molecular complexity index is 323. The van der Waals surface area contributed by atoms with Gasteiger partial charge in [0.05, 0.1) is 0 Å². The first-order valence-electron chi connectivity index (χ1n) is 6.84. The van der Waals surface area contributed by atoms with Gasteiger partial charge in [0.25, 0.3) is 0 Å². The van der Waals surface area contributed by atoms with Crippen molar-refractivity contribution in [1.29, 1.82) is 0 Å². The van der Waals surface area contributed by atoms with E-state index in [0.717, 1.165) is 0 Å². The minimum atomic E-state index is -0.572. The van der Waals surface area contributed by atoms with Crippen molar-refractivity contribution in [3.8, 4) is 0 Å². The molecule has 0 aromatic carbocycles. The fraction of sp³-hybridized carbons (Fsp3) is 0.769. The van der Waals surface area contributed by atoms with Gasteiger partial charge in [0, 0.05) is 17.8 Å². The van der Waals surface area contributed by atoms with Crippen LogP contribution >= 0.6 is 0 Å². The van der Waals surface area contributed by atoms with Gasteiger partial charge in [-0.3, -0.25) is 14.4 Å². The van der Waals surface area contributed by atoms with Crippen LogP contribution in [0, 0.1) is 17.8 Å². The average Bonchev–Trinajstić information content (AvgIpc) is 2.38. The van der Waals surface area contributed by atoms with Crippen LogP contribution in [0.3, 0.4) is 0 Å². The van der Waals surface area contributed by atoms with E-state index in [0.29, 0.717) is 12.8 Å². The number of hydrogen-bond acceptors (Lipinski definition) is 4. The SMILES string of the molecule is CCC(CC(CC(CC)C(N)=O)C(=O)NCO)C(N)=O. The Labute approximate surface area is 119 Å². The molecule has 0 aliphatic rings. The fourth-order valence-corrected chi connectivity index (χ4v) is 2.19. The zero-order valence-corrected chi connectivity index (χ0v) is 12.1. The summed E-state index contributed by atoms with van der Waals surface area (Å²) in [6, 6.07) is 0. The van der Waals surface area contributed by atoms with E-state index in [9.17, 15) is 14.4 Å². The number of nitrogens with two attached hydrogens (primary N) is 2. The molecule has 0 aliphatic carbocycles. The second-order valence-electron chi connectivity index (χ2n) is 4.88. The highest BCUT2D eigenvalue weighted by atomic mass is 16.3. The van der Waals surface area contributed by atoms with Crippen LogP contribution in [0.1, 0.15) is 39.5 Å². The van der Waals surface area contributed by atoms with E-state index in [1.54, 1.807) is 0 Å². The predicted molar refractivity (Wildman–Crippen MR) is 73.9 cm³/mol. The molecule has 3 amide bonds. The molecule has 2 unspecified atom stereocenters. The summed E-state index contributed by atoms with van der Waals surface area (Å²) in [4.78, 5) is 34.5. The molecular weight excluding hydrogens is 262 g/mol. The summed E-state index contributed by atoms with van der Waals surface area (Å²) in [6.07, 6.45) is 1.54. The molecule has 0 aromatic heterocycles. The number of carbonyl (C=O) groups is 3. The maximum atomic E-state index is 11.9. The molecule has 20 heavy (non-hydrogen) atoms. The number of aliphatic hydroxyl groups excluding tert-OH is 1. The minimum absolute atomic E-state index is 0.251. The molecule has 0 aliphatic heterocycles. The van der Waals surface area contributed by atoms with Crippen LogP contribution in [0.5, 0.6) is 0 Å². The first kappa shape index (κ1) is 18.4. The van der Waals surface area contributed by atoms with Crippen molar-refractivity contribution in [3.05, 3.63) is 0 Å². The Morgan fingerprint density at radius 3 is 1.60 bits per heavy atom. The number of nitrogens with one attached hydrogen (secondary N) is 1. The lowest BCUT2D eigenvalue weighted by molar-refractivity contribution is -0.129. The molecule has 0 bridgehead atoms. The third-order valence-electron chi connectivity index (χ3n) is 3.55. The molecule has 0 rings (SSSR count). The second-order valence-corrected chi connectivity index (χ2v) is 4.88. The van der Waals surface area contributed by atoms with Crippen LogP contribution in [-0.2, 0) is 14.4 Å². The summed E-state index contributed by atoms with van der Waals surface area (Å²) in [6.45, 7) is 3.12. The Morgan fingerprint density at radius 1 is 0.950 bits per heavy atom. The normalized spacial score (nSPS) is 15.2. The fourth-order valence-electron chi connectivity index (χ4n) is 2.19. The molecule has 6 N–H and O–H groups in total. The molecule has 0 spiro atoms. The van der Waals surface area contributed by atoms with E-state index in [2.05, 4.69) is 5.32 Å². The van der Waals surface area contributed by atoms with E-state index in [4.69, 9.17) is 16.6 Å². The van der Waals surface area contributed by atoms with Crippen LogP contribution in [0.15, 0.2) is 0 Å². The number of carbonyl (C=O) groups excluding carboxylic acids is 3. The lowest BCUT2D eigenvalue weighted by Crippen LogP contribution is -2.37. The molecule has 0 heterocycles. The Balaban J connectivity index is 4.92. The Hall–Kier alpha value is -1.63. The number of aliphatic hydroxyl groups is 1. The molecule has 7 heteroatoms. The van der Waals surface area contributed by atoms with E-state index >= 15 is 0 Å². The number of rotatable bonds is 10. The highest BCUT2D eigenvalue weighted by molar-refractivity contribution is 5.82. The largest absolute Gasteiger partial charge is 0.377 e. The third-order valence-corrected chi connectivity index (χ3v) is 3.55. The smallest absolute Gasteiger partial charge is 0.224 e. The maximum absolute atomic E-state index is 11.9. The van der Waals surface area contributed by atoms with Gasteiger partial charge in [-0.1, -0.05) is 13.8 Å². The van der Waals surface area contributed by atoms with Crippen molar-refractivity contribution in [1.82, 2.24) is 5.32 Å². The molecule has 116 valence electrons. The summed E-state index contributed by atoms with van der Waals surface area (Å²) in [5.74, 6) is -2.78. The van der Waals surface area contributed by atoms with Crippen molar-refractivity contribution in [2.24, 2.45) is 29.2 Å². The highest BCUT2D eigenvalue weighted by Gasteiger charge is 2.28. The monoisotopic (exact) mass is 287 g/mol. The molecule has 0 saturated heterocycles. The lowest BCUT2D eigenvalue weighted by Gasteiger charge is -2.23. The van der Waals surface area contributed by atoms with Gasteiger partial charge in [-0.15, -0.1) is 0 Å². The first-order chi connectivity index (χ1) is 9.37. The van der Waals surface area contributed by atoms with Gasteiger partial charge in [-0.25, -0.2) is 0 Å². The molecule has 0 aromatic rings. The highest BCUT2D eigenvalue weighted by Crippen LogP contribution is 2.24. The predicted octanol–water partition coefficient (Wildman–Crippen LogP) is -0.528. The van der Waals surface area contributed by atoms with Crippen LogP contribution in [0.2, 0.25) is 0 Å². The van der Waals surface area contributed by atoms with E-state index in [1.165, 1.54) is 0 Å². The Kier molecular flexibility index (Phi) is 8.54. The van der Waals surface area contributed by atoms with Gasteiger partial charge in [0.2, 0.25) is 17.7 Å².